The third-order valence-corrected chi connectivity index (χ3v) is 2.73. The Morgan fingerprint density at radius 2 is 1.82 bits per heavy atom. The van der Waals surface area contributed by atoms with Crippen molar-refractivity contribution in [1.82, 2.24) is 5.32 Å². The fraction of sp³-hybridized carbons (Fsp3) is 1.00. The van der Waals surface area contributed by atoms with Gasteiger partial charge in [-0.3, -0.25) is 0 Å². The highest BCUT2D eigenvalue weighted by atomic mass is 19.4. The fourth-order valence-electron chi connectivity index (χ4n) is 1.40. The van der Waals surface area contributed by atoms with E-state index in [1.54, 1.807) is 0 Å². The Kier molecular flexibility index (Phi) is 7.79. The summed E-state index contributed by atoms with van der Waals surface area (Å²) in [6.45, 7) is 7.74. The lowest BCUT2D eigenvalue weighted by Crippen LogP contribution is -2.40. The first-order valence-electron chi connectivity index (χ1n) is 6.24. The van der Waals surface area contributed by atoms with Crippen LogP contribution in [0.3, 0.4) is 0 Å². The predicted molar refractivity (Wildman–Crippen MR) is 63.1 cm³/mol. The summed E-state index contributed by atoms with van der Waals surface area (Å²) in [5.74, 6) is 0. The summed E-state index contributed by atoms with van der Waals surface area (Å²) in [5, 5.41) is 3.24. The van der Waals surface area contributed by atoms with Gasteiger partial charge in [-0.05, 0) is 32.7 Å². The maximum Gasteiger partial charge on any atom is 0.389 e. The Balaban J connectivity index is 3.79. The number of hydrogen-bond donors (Lipinski definition) is 1. The average Bonchev–Trinajstić information content (AvgIpc) is 2.24. The third-order valence-electron chi connectivity index (χ3n) is 2.73. The number of hydrogen-bond acceptors (Lipinski definition) is 2. The number of halogens is 3. The van der Waals surface area contributed by atoms with Crippen molar-refractivity contribution in [3.63, 3.8) is 0 Å². The summed E-state index contributed by atoms with van der Waals surface area (Å²) in [6, 6.07) is 0. The first kappa shape index (κ1) is 16.7. The molecule has 0 amide bonds. The van der Waals surface area contributed by atoms with Gasteiger partial charge in [0.05, 0.1) is 5.60 Å². The second kappa shape index (κ2) is 7.93. The van der Waals surface area contributed by atoms with E-state index < -0.39 is 12.6 Å². The van der Waals surface area contributed by atoms with Gasteiger partial charge in [0.2, 0.25) is 0 Å². The molecule has 1 unspecified atom stereocenters. The normalized spacial score (nSPS) is 15.9. The summed E-state index contributed by atoms with van der Waals surface area (Å²) in [6.07, 6.45) is -2.99. The first-order chi connectivity index (χ1) is 7.83. The average molecular weight is 255 g/mol. The highest BCUT2D eigenvalue weighted by Gasteiger charge is 2.27. The van der Waals surface area contributed by atoms with Crippen molar-refractivity contribution in [2.75, 3.05) is 19.7 Å². The van der Waals surface area contributed by atoms with Gasteiger partial charge >= 0.3 is 6.18 Å². The molecule has 1 atom stereocenters. The van der Waals surface area contributed by atoms with Gasteiger partial charge in [0.15, 0.2) is 0 Å². The van der Waals surface area contributed by atoms with Crippen LogP contribution in [0.4, 0.5) is 13.2 Å². The van der Waals surface area contributed by atoms with Crippen LogP contribution in [0.25, 0.3) is 0 Å². The van der Waals surface area contributed by atoms with E-state index in [0.717, 1.165) is 19.4 Å². The van der Waals surface area contributed by atoms with Crippen molar-refractivity contribution in [2.45, 2.75) is 58.2 Å². The fourth-order valence-corrected chi connectivity index (χ4v) is 1.40. The Bertz CT molecular complexity index is 197. The summed E-state index contributed by atoms with van der Waals surface area (Å²) < 4.78 is 41.4. The van der Waals surface area contributed by atoms with Gasteiger partial charge in [0.25, 0.3) is 0 Å². The summed E-state index contributed by atoms with van der Waals surface area (Å²) in [7, 11) is 0. The Morgan fingerprint density at radius 1 is 1.18 bits per heavy atom. The first-order valence-corrected chi connectivity index (χ1v) is 6.24. The molecule has 2 nitrogen and oxygen atoms in total. The maximum atomic E-state index is 11.9. The molecule has 0 saturated heterocycles. The summed E-state index contributed by atoms with van der Waals surface area (Å²) >= 11 is 0. The van der Waals surface area contributed by atoms with Gasteiger partial charge in [-0.25, -0.2) is 0 Å². The van der Waals surface area contributed by atoms with Crippen LogP contribution < -0.4 is 5.32 Å². The van der Waals surface area contributed by atoms with Crippen molar-refractivity contribution >= 4 is 0 Å². The Hall–Kier alpha value is -0.290. The van der Waals surface area contributed by atoms with Crippen LogP contribution in [-0.4, -0.2) is 31.5 Å². The van der Waals surface area contributed by atoms with Crippen LogP contribution >= 0.6 is 0 Å². The van der Waals surface area contributed by atoms with Gasteiger partial charge in [-0.2, -0.15) is 13.2 Å². The molecular formula is C12H24F3NO. The van der Waals surface area contributed by atoms with Gasteiger partial charge in [-0.1, -0.05) is 13.8 Å². The largest absolute Gasteiger partial charge is 0.389 e. The Morgan fingerprint density at radius 3 is 2.29 bits per heavy atom. The molecule has 0 bridgehead atoms. The minimum Gasteiger partial charge on any atom is -0.374 e. The van der Waals surface area contributed by atoms with E-state index in [4.69, 9.17) is 4.74 Å². The van der Waals surface area contributed by atoms with Crippen molar-refractivity contribution < 1.29 is 17.9 Å². The second-order valence-electron chi connectivity index (χ2n) is 4.55. The molecule has 1 N–H and O–H groups in total. The van der Waals surface area contributed by atoms with Crippen LogP contribution in [-0.2, 0) is 4.74 Å². The molecule has 104 valence electrons. The zero-order valence-corrected chi connectivity index (χ0v) is 11.0. The van der Waals surface area contributed by atoms with Crippen molar-refractivity contribution in [3.05, 3.63) is 0 Å². The third kappa shape index (κ3) is 9.41. The molecule has 0 fully saturated rings. The SMILES string of the molecule is CCCNCC(C)(CC)OCCCC(F)(F)F. The van der Waals surface area contributed by atoms with E-state index in [-0.39, 0.29) is 18.6 Å². The molecule has 0 aromatic rings. The molecule has 0 radical (unpaired) electrons. The molecule has 0 aliphatic carbocycles. The van der Waals surface area contributed by atoms with E-state index in [0.29, 0.717) is 6.54 Å². The zero-order chi connectivity index (χ0) is 13.4. The van der Waals surface area contributed by atoms with E-state index >= 15 is 0 Å². The predicted octanol–water partition coefficient (Wildman–Crippen LogP) is 3.51. The van der Waals surface area contributed by atoms with Gasteiger partial charge in [0.1, 0.15) is 0 Å². The number of rotatable bonds is 9. The van der Waals surface area contributed by atoms with E-state index in [1.165, 1.54) is 0 Å². The monoisotopic (exact) mass is 255 g/mol. The highest BCUT2D eigenvalue weighted by molar-refractivity contribution is 4.76. The van der Waals surface area contributed by atoms with Crippen LogP contribution in [0.15, 0.2) is 0 Å². The van der Waals surface area contributed by atoms with Crippen molar-refractivity contribution in [3.8, 4) is 0 Å². The van der Waals surface area contributed by atoms with Gasteiger partial charge in [-0.15, -0.1) is 0 Å². The molecule has 0 rings (SSSR count). The Labute approximate surface area is 102 Å². The van der Waals surface area contributed by atoms with Crippen molar-refractivity contribution in [2.24, 2.45) is 0 Å². The molecule has 0 aliphatic rings. The number of alkyl halides is 3. The van der Waals surface area contributed by atoms with E-state index in [2.05, 4.69) is 12.2 Å². The van der Waals surface area contributed by atoms with E-state index in [1.807, 2.05) is 13.8 Å². The van der Waals surface area contributed by atoms with Crippen LogP contribution in [0.5, 0.6) is 0 Å². The molecule has 17 heavy (non-hydrogen) atoms. The quantitative estimate of drug-likeness (QED) is 0.636. The minimum atomic E-state index is -4.08. The van der Waals surface area contributed by atoms with Gasteiger partial charge in [0, 0.05) is 19.6 Å². The topological polar surface area (TPSA) is 21.3 Å². The molecule has 0 saturated carbocycles. The highest BCUT2D eigenvalue weighted by Crippen LogP contribution is 2.22. The summed E-state index contributed by atoms with van der Waals surface area (Å²) in [5.41, 5.74) is -0.360. The minimum absolute atomic E-state index is 0.0346. The number of ether oxygens (including phenoxy) is 1. The second-order valence-corrected chi connectivity index (χ2v) is 4.55. The summed E-state index contributed by atoms with van der Waals surface area (Å²) in [4.78, 5) is 0. The lowest BCUT2D eigenvalue weighted by molar-refractivity contribution is -0.141. The molecule has 0 spiro atoms. The van der Waals surface area contributed by atoms with Crippen LogP contribution in [0.1, 0.15) is 46.5 Å². The lowest BCUT2D eigenvalue weighted by Gasteiger charge is -2.29. The lowest BCUT2D eigenvalue weighted by atomic mass is 10.0. The van der Waals surface area contributed by atoms with E-state index in [9.17, 15) is 13.2 Å². The van der Waals surface area contributed by atoms with Crippen LogP contribution in [0, 0.1) is 0 Å². The molecule has 5 heteroatoms. The maximum absolute atomic E-state index is 11.9. The standard InChI is InChI=1S/C12H24F3NO/c1-4-8-16-10-11(3,5-2)17-9-6-7-12(13,14)15/h16H,4-10H2,1-3H3. The molecule has 0 aromatic carbocycles. The molecular weight excluding hydrogens is 231 g/mol. The van der Waals surface area contributed by atoms with Gasteiger partial charge < -0.3 is 10.1 Å². The number of nitrogens with one attached hydrogen (secondary N) is 1. The smallest absolute Gasteiger partial charge is 0.374 e. The van der Waals surface area contributed by atoms with Crippen LogP contribution in [0.2, 0.25) is 0 Å². The zero-order valence-electron chi connectivity index (χ0n) is 11.0. The molecule has 0 heterocycles. The molecule has 0 aromatic heterocycles. The molecule has 0 aliphatic heterocycles. The van der Waals surface area contributed by atoms with Crippen molar-refractivity contribution in [1.29, 1.82) is 0 Å².